The van der Waals surface area contributed by atoms with Crippen molar-refractivity contribution in [3.63, 3.8) is 0 Å². The van der Waals surface area contributed by atoms with Crippen LogP contribution in [0.3, 0.4) is 0 Å². The quantitative estimate of drug-likeness (QED) is 0.782. The highest BCUT2D eigenvalue weighted by Gasteiger charge is 2.27. The molecule has 0 radical (unpaired) electrons. The summed E-state index contributed by atoms with van der Waals surface area (Å²) in [5.41, 5.74) is 0. The van der Waals surface area contributed by atoms with E-state index < -0.39 is 16.1 Å². The lowest BCUT2D eigenvalue weighted by Gasteiger charge is -2.29. The van der Waals surface area contributed by atoms with Crippen LogP contribution in [-0.2, 0) is 19.6 Å². The van der Waals surface area contributed by atoms with Crippen molar-refractivity contribution in [2.75, 3.05) is 40.5 Å². The SMILES string of the molecule is COc1ccc(S(=O)(=O)NC(C)C(=O)N2CCOCC2)cc1OC. The lowest BCUT2D eigenvalue weighted by molar-refractivity contribution is -0.136. The number of ether oxygens (including phenoxy) is 3. The smallest absolute Gasteiger partial charge is 0.241 e. The minimum absolute atomic E-state index is 0.00165. The molecule has 1 aromatic rings. The van der Waals surface area contributed by atoms with Crippen molar-refractivity contribution >= 4 is 15.9 Å². The molecule has 9 heteroatoms. The molecule has 1 heterocycles. The molecule has 1 saturated heterocycles. The summed E-state index contributed by atoms with van der Waals surface area (Å²) < 4.78 is 42.8. The molecule has 1 aliphatic heterocycles. The maximum Gasteiger partial charge on any atom is 0.241 e. The van der Waals surface area contributed by atoms with Crippen molar-refractivity contribution in [1.82, 2.24) is 9.62 Å². The van der Waals surface area contributed by atoms with Crippen LogP contribution in [0.4, 0.5) is 0 Å². The van der Waals surface area contributed by atoms with Crippen molar-refractivity contribution in [2.45, 2.75) is 17.9 Å². The summed E-state index contributed by atoms with van der Waals surface area (Å²) in [7, 11) is -0.977. The van der Waals surface area contributed by atoms with E-state index in [1.54, 1.807) is 4.90 Å². The van der Waals surface area contributed by atoms with Gasteiger partial charge in [0, 0.05) is 19.2 Å². The predicted molar refractivity (Wildman–Crippen MR) is 86.7 cm³/mol. The lowest BCUT2D eigenvalue weighted by atomic mass is 10.3. The molecular weight excluding hydrogens is 336 g/mol. The van der Waals surface area contributed by atoms with Gasteiger partial charge in [-0.15, -0.1) is 0 Å². The number of amides is 1. The number of hydrogen-bond acceptors (Lipinski definition) is 6. The van der Waals surface area contributed by atoms with E-state index in [9.17, 15) is 13.2 Å². The van der Waals surface area contributed by atoms with Gasteiger partial charge >= 0.3 is 0 Å². The Morgan fingerprint density at radius 1 is 1.21 bits per heavy atom. The second kappa shape index (κ2) is 7.82. The number of sulfonamides is 1. The van der Waals surface area contributed by atoms with Crippen LogP contribution in [0.5, 0.6) is 11.5 Å². The van der Waals surface area contributed by atoms with E-state index in [0.717, 1.165) is 0 Å². The van der Waals surface area contributed by atoms with Gasteiger partial charge in [-0.25, -0.2) is 8.42 Å². The van der Waals surface area contributed by atoms with Crippen molar-refractivity contribution in [2.24, 2.45) is 0 Å². The zero-order valence-electron chi connectivity index (χ0n) is 13.9. The fourth-order valence-corrected chi connectivity index (χ4v) is 3.60. The third-order valence-corrected chi connectivity index (χ3v) is 5.23. The molecule has 0 spiro atoms. The van der Waals surface area contributed by atoms with Crippen LogP contribution >= 0.6 is 0 Å². The van der Waals surface area contributed by atoms with Gasteiger partial charge < -0.3 is 19.1 Å². The Hall–Kier alpha value is -1.84. The number of hydrogen-bond donors (Lipinski definition) is 1. The first-order chi connectivity index (χ1) is 11.4. The summed E-state index contributed by atoms with van der Waals surface area (Å²) in [6, 6.07) is 3.38. The lowest BCUT2D eigenvalue weighted by Crippen LogP contribution is -2.50. The van der Waals surface area contributed by atoms with E-state index in [0.29, 0.717) is 37.8 Å². The van der Waals surface area contributed by atoms with Gasteiger partial charge in [-0.05, 0) is 19.1 Å². The topological polar surface area (TPSA) is 94.2 Å². The molecule has 1 fully saturated rings. The van der Waals surface area contributed by atoms with Crippen LogP contribution in [0.25, 0.3) is 0 Å². The minimum atomic E-state index is -3.87. The van der Waals surface area contributed by atoms with Crippen LogP contribution in [0.2, 0.25) is 0 Å². The Morgan fingerprint density at radius 3 is 2.42 bits per heavy atom. The zero-order chi connectivity index (χ0) is 17.7. The van der Waals surface area contributed by atoms with Gasteiger partial charge in [-0.2, -0.15) is 4.72 Å². The highest BCUT2D eigenvalue weighted by atomic mass is 32.2. The van der Waals surface area contributed by atoms with Gasteiger partial charge in [-0.1, -0.05) is 0 Å². The van der Waals surface area contributed by atoms with Gasteiger partial charge in [0.25, 0.3) is 0 Å². The number of carbonyl (C=O) groups is 1. The Balaban J connectivity index is 2.13. The van der Waals surface area contributed by atoms with Crippen LogP contribution < -0.4 is 14.2 Å². The molecule has 0 bridgehead atoms. The maximum atomic E-state index is 12.5. The van der Waals surface area contributed by atoms with Crippen molar-refractivity contribution < 1.29 is 27.4 Å². The van der Waals surface area contributed by atoms with E-state index >= 15 is 0 Å². The predicted octanol–water partition coefficient (Wildman–Crippen LogP) is 0.229. The first-order valence-corrected chi connectivity index (χ1v) is 8.98. The molecule has 24 heavy (non-hydrogen) atoms. The largest absolute Gasteiger partial charge is 0.493 e. The standard InChI is InChI=1S/C15H22N2O6S/c1-11(15(18)17-6-8-23-9-7-17)16-24(19,20)12-4-5-13(21-2)14(10-12)22-3/h4-5,10-11,16H,6-9H2,1-3H3. The molecule has 134 valence electrons. The minimum Gasteiger partial charge on any atom is -0.493 e. The fraction of sp³-hybridized carbons (Fsp3) is 0.533. The van der Waals surface area contributed by atoms with Gasteiger partial charge in [-0.3, -0.25) is 4.79 Å². The second-order valence-corrected chi connectivity index (χ2v) is 7.01. The van der Waals surface area contributed by atoms with Gasteiger partial charge in [0.1, 0.15) is 0 Å². The fourth-order valence-electron chi connectivity index (χ4n) is 2.39. The first-order valence-electron chi connectivity index (χ1n) is 7.50. The van der Waals surface area contributed by atoms with Gasteiger partial charge in [0.2, 0.25) is 15.9 Å². The van der Waals surface area contributed by atoms with Crippen LogP contribution in [-0.4, -0.2) is 65.8 Å². The van der Waals surface area contributed by atoms with Crippen molar-refractivity contribution in [3.8, 4) is 11.5 Å². The number of carbonyl (C=O) groups excluding carboxylic acids is 1. The summed E-state index contributed by atoms with van der Waals surface area (Å²) in [5.74, 6) is 0.448. The summed E-state index contributed by atoms with van der Waals surface area (Å²) in [6.45, 7) is 3.36. The molecule has 1 unspecified atom stereocenters. The Labute approximate surface area is 141 Å². The van der Waals surface area contributed by atoms with E-state index in [2.05, 4.69) is 4.72 Å². The first kappa shape index (κ1) is 18.5. The molecule has 1 atom stereocenters. The summed E-state index contributed by atoms with van der Waals surface area (Å²) in [4.78, 5) is 13.9. The number of morpholine rings is 1. The third kappa shape index (κ3) is 4.16. The summed E-state index contributed by atoms with van der Waals surface area (Å²) in [5, 5.41) is 0. The molecule has 8 nitrogen and oxygen atoms in total. The summed E-state index contributed by atoms with van der Waals surface area (Å²) in [6.07, 6.45) is 0. The van der Waals surface area contributed by atoms with Crippen LogP contribution in [0.15, 0.2) is 23.1 Å². The molecule has 0 aromatic heterocycles. The molecule has 1 aliphatic rings. The normalized spacial score (nSPS) is 16.5. The van der Waals surface area contributed by atoms with Crippen molar-refractivity contribution in [3.05, 3.63) is 18.2 Å². The van der Waals surface area contributed by atoms with E-state index in [1.165, 1.54) is 39.3 Å². The second-order valence-electron chi connectivity index (χ2n) is 5.30. The summed E-state index contributed by atoms with van der Waals surface area (Å²) >= 11 is 0. The molecule has 1 aromatic carbocycles. The molecule has 2 rings (SSSR count). The molecule has 0 saturated carbocycles. The number of rotatable bonds is 6. The number of methoxy groups -OCH3 is 2. The molecular formula is C15H22N2O6S. The van der Waals surface area contributed by atoms with Gasteiger partial charge in [0.15, 0.2) is 11.5 Å². The average molecular weight is 358 g/mol. The average Bonchev–Trinajstić information content (AvgIpc) is 2.60. The van der Waals surface area contributed by atoms with E-state index in [1.807, 2.05) is 0 Å². The molecule has 1 N–H and O–H groups in total. The monoisotopic (exact) mass is 358 g/mol. The van der Waals surface area contributed by atoms with Crippen LogP contribution in [0.1, 0.15) is 6.92 Å². The maximum absolute atomic E-state index is 12.5. The highest BCUT2D eigenvalue weighted by Crippen LogP contribution is 2.29. The van der Waals surface area contributed by atoms with Crippen LogP contribution in [0, 0.1) is 0 Å². The number of benzene rings is 1. The number of nitrogens with one attached hydrogen (secondary N) is 1. The van der Waals surface area contributed by atoms with E-state index in [-0.39, 0.29) is 10.8 Å². The van der Waals surface area contributed by atoms with E-state index in [4.69, 9.17) is 14.2 Å². The Bertz CT molecular complexity index is 685. The molecule has 1 amide bonds. The van der Waals surface area contributed by atoms with Crippen molar-refractivity contribution in [1.29, 1.82) is 0 Å². The molecule has 0 aliphatic carbocycles. The van der Waals surface area contributed by atoms with Gasteiger partial charge in [0.05, 0.1) is 38.4 Å². The zero-order valence-corrected chi connectivity index (χ0v) is 14.8. The number of nitrogens with zero attached hydrogens (tertiary/aromatic N) is 1. The Morgan fingerprint density at radius 2 is 1.83 bits per heavy atom. The Kier molecular flexibility index (Phi) is 6.03. The third-order valence-electron chi connectivity index (χ3n) is 3.69. The highest BCUT2D eigenvalue weighted by molar-refractivity contribution is 7.89.